The van der Waals surface area contributed by atoms with Crippen molar-refractivity contribution in [2.45, 2.75) is 83.7 Å². The predicted molar refractivity (Wildman–Crippen MR) is 215 cm³/mol. The second kappa shape index (κ2) is 15.8. The van der Waals surface area contributed by atoms with Gasteiger partial charge in [-0.1, -0.05) is 57.2 Å². The zero-order valence-corrected chi connectivity index (χ0v) is 33.3. The third-order valence-electron chi connectivity index (χ3n) is 13.4. The molecule has 1 saturated heterocycles. The van der Waals surface area contributed by atoms with Crippen molar-refractivity contribution in [2.24, 2.45) is 29.1 Å². The van der Waals surface area contributed by atoms with Gasteiger partial charge in [-0.15, -0.1) is 0 Å². The monoisotopic (exact) mass is 753 g/mol. The molecular weight excluding hydrogens is 695 g/mol. The van der Waals surface area contributed by atoms with Crippen molar-refractivity contribution < 1.29 is 29.4 Å². The largest absolute Gasteiger partial charge is 0.496 e. The van der Waals surface area contributed by atoms with E-state index in [1.165, 1.54) is 17.7 Å². The number of carbonyl (C=O) groups excluding carboxylic acids is 2. The number of para-hydroxylation sites is 2. The van der Waals surface area contributed by atoms with Crippen molar-refractivity contribution in [1.29, 1.82) is 0 Å². The van der Waals surface area contributed by atoms with Crippen LogP contribution in [0, 0.1) is 29.1 Å². The van der Waals surface area contributed by atoms with E-state index in [0.717, 1.165) is 41.8 Å². The summed E-state index contributed by atoms with van der Waals surface area (Å²) in [6, 6.07) is 19.2. The highest BCUT2D eigenvalue weighted by atomic mass is 16.7. The molecular formula is C44H59N5O6. The van der Waals surface area contributed by atoms with Crippen LogP contribution < -0.4 is 25.6 Å². The van der Waals surface area contributed by atoms with Crippen LogP contribution in [0.3, 0.4) is 0 Å². The Morgan fingerprint density at radius 2 is 1.89 bits per heavy atom. The number of benzene rings is 3. The quantitative estimate of drug-likeness (QED) is 0.155. The standard InChI is InChI=1S/C44H59N5O6/c1-25-35-20-31(44(35,3)4)21-37(25)47-43(53)40-39(26(2)51)38(24-50)55-49(40)23-28-11-10-13-34(41(28)54-7)29-17-30(19-32(18-29)48(5)6)42(52)45-16-15-27-22-46-36-14-9-8-12-33(27)36/h8-14,17-19,25-27,31,35,37-40,46,50-51H,15-16,20-24H2,1-7H3,(H,45,52)(H,47,53)/t25-,26-,27?,31+,35-,37-,38-,39+,40-/m0/s1. The van der Waals surface area contributed by atoms with Gasteiger partial charge in [-0.2, -0.15) is 5.06 Å². The molecule has 55 heavy (non-hydrogen) atoms. The number of hydrogen-bond acceptors (Lipinski definition) is 9. The summed E-state index contributed by atoms with van der Waals surface area (Å²) in [5, 5.41) is 32.9. The molecule has 3 aliphatic carbocycles. The normalized spacial score (nSPS) is 28.4. The minimum Gasteiger partial charge on any atom is -0.496 e. The Morgan fingerprint density at radius 3 is 2.58 bits per heavy atom. The van der Waals surface area contributed by atoms with Crippen LogP contribution in [0.1, 0.15) is 74.4 Å². The Kier molecular flexibility index (Phi) is 11.2. The Hall–Kier alpha value is -4.16. The number of methoxy groups -OCH3 is 1. The van der Waals surface area contributed by atoms with Crippen LogP contribution in [0.4, 0.5) is 11.4 Å². The van der Waals surface area contributed by atoms with Gasteiger partial charge in [0.05, 0.1) is 26.4 Å². The molecule has 3 aromatic rings. The fourth-order valence-corrected chi connectivity index (χ4v) is 10.1. The summed E-state index contributed by atoms with van der Waals surface area (Å²) in [4.78, 5) is 36.2. The van der Waals surface area contributed by atoms with Crippen molar-refractivity contribution in [3.8, 4) is 16.9 Å². The van der Waals surface area contributed by atoms with Crippen molar-refractivity contribution in [1.82, 2.24) is 15.7 Å². The van der Waals surface area contributed by atoms with E-state index in [1.807, 2.05) is 61.5 Å². The highest BCUT2D eigenvalue weighted by molar-refractivity contribution is 5.97. The van der Waals surface area contributed by atoms with Crippen LogP contribution in [0.15, 0.2) is 60.7 Å². The minimum absolute atomic E-state index is 0.0404. The minimum atomic E-state index is -0.897. The maximum Gasteiger partial charge on any atom is 0.251 e. The average molecular weight is 754 g/mol. The number of amides is 2. The lowest BCUT2D eigenvalue weighted by atomic mass is 9.45. The molecule has 3 saturated carbocycles. The smallest absolute Gasteiger partial charge is 0.251 e. The third kappa shape index (κ3) is 7.44. The number of hydroxylamine groups is 2. The highest BCUT2D eigenvalue weighted by Crippen LogP contribution is 2.61. The van der Waals surface area contributed by atoms with Crippen LogP contribution >= 0.6 is 0 Å². The first-order valence-electron chi connectivity index (χ1n) is 19.9. The molecule has 9 atom stereocenters. The van der Waals surface area contributed by atoms with Crippen LogP contribution in [-0.2, 0) is 16.2 Å². The Labute approximate surface area is 325 Å². The number of aliphatic hydroxyl groups excluding tert-OH is 2. The van der Waals surface area contributed by atoms with Gasteiger partial charge < -0.3 is 35.8 Å². The number of ether oxygens (including phenoxy) is 1. The lowest BCUT2D eigenvalue weighted by molar-refractivity contribution is -0.183. The fourth-order valence-electron chi connectivity index (χ4n) is 10.1. The molecule has 11 heteroatoms. The van der Waals surface area contributed by atoms with E-state index in [2.05, 4.69) is 54.9 Å². The summed E-state index contributed by atoms with van der Waals surface area (Å²) in [7, 11) is 5.51. The zero-order chi connectivity index (χ0) is 39.2. The summed E-state index contributed by atoms with van der Waals surface area (Å²) in [5.74, 6) is 1.41. The molecule has 2 bridgehead atoms. The zero-order valence-electron chi connectivity index (χ0n) is 33.3. The molecule has 0 spiro atoms. The van der Waals surface area contributed by atoms with E-state index in [-0.39, 0.29) is 36.4 Å². The van der Waals surface area contributed by atoms with Gasteiger partial charge in [0.2, 0.25) is 5.91 Å². The van der Waals surface area contributed by atoms with E-state index >= 15 is 0 Å². The molecule has 296 valence electrons. The molecule has 11 nitrogen and oxygen atoms in total. The topological polar surface area (TPSA) is 136 Å². The first-order chi connectivity index (χ1) is 26.3. The Bertz CT molecular complexity index is 1880. The van der Waals surface area contributed by atoms with Gasteiger partial charge in [0.15, 0.2) is 0 Å². The van der Waals surface area contributed by atoms with Gasteiger partial charge in [-0.05, 0) is 84.7 Å². The molecule has 2 aliphatic heterocycles. The van der Waals surface area contributed by atoms with Crippen LogP contribution in [-0.4, -0.2) is 92.3 Å². The summed E-state index contributed by atoms with van der Waals surface area (Å²) in [6.45, 7) is 9.81. The summed E-state index contributed by atoms with van der Waals surface area (Å²) >= 11 is 0. The first kappa shape index (κ1) is 39.1. The second-order valence-corrected chi connectivity index (χ2v) is 17.1. The lowest BCUT2D eigenvalue weighted by Crippen LogP contribution is -2.62. The van der Waals surface area contributed by atoms with Gasteiger partial charge in [-0.25, -0.2) is 0 Å². The van der Waals surface area contributed by atoms with Crippen LogP contribution in [0.25, 0.3) is 11.1 Å². The van der Waals surface area contributed by atoms with E-state index in [1.54, 1.807) is 19.1 Å². The van der Waals surface area contributed by atoms with E-state index in [0.29, 0.717) is 41.5 Å². The molecule has 5 N–H and O–H groups in total. The van der Waals surface area contributed by atoms with Gasteiger partial charge in [-0.3, -0.25) is 14.4 Å². The number of rotatable bonds is 13. The predicted octanol–water partition coefficient (Wildman–Crippen LogP) is 5.42. The first-order valence-corrected chi connectivity index (χ1v) is 19.9. The van der Waals surface area contributed by atoms with Crippen molar-refractivity contribution in [3.05, 3.63) is 77.4 Å². The number of nitrogens with zero attached hydrogens (tertiary/aromatic N) is 2. The Morgan fingerprint density at radius 1 is 1.11 bits per heavy atom. The average Bonchev–Trinajstić information content (AvgIpc) is 3.76. The van der Waals surface area contributed by atoms with Crippen LogP contribution in [0.5, 0.6) is 5.75 Å². The molecule has 1 unspecified atom stereocenters. The van der Waals surface area contributed by atoms with Gasteiger partial charge >= 0.3 is 0 Å². The molecule has 4 fully saturated rings. The summed E-state index contributed by atoms with van der Waals surface area (Å²) in [5.41, 5.74) is 6.51. The maximum absolute atomic E-state index is 14.3. The SMILES string of the molecule is COc1c(CN2O[C@@H](CO)[C@@H]([C@H](C)O)[C@H]2C(=O)N[C@H]2C[C@H]3C[C@@H]([C@@H]2C)C3(C)C)cccc1-c1cc(C(=O)NCCC2CNc3ccccc32)cc(N(C)C)c1. The molecule has 3 aromatic carbocycles. The van der Waals surface area contributed by atoms with Crippen molar-refractivity contribution >= 4 is 23.2 Å². The highest BCUT2D eigenvalue weighted by Gasteiger charge is 2.57. The van der Waals surface area contributed by atoms with Gasteiger partial charge in [0.25, 0.3) is 5.91 Å². The third-order valence-corrected chi connectivity index (χ3v) is 13.4. The number of aliphatic hydroxyl groups is 2. The number of hydrogen-bond donors (Lipinski definition) is 5. The van der Waals surface area contributed by atoms with Gasteiger partial charge in [0.1, 0.15) is 17.9 Å². The summed E-state index contributed by atoms with van der Waals surface area (Å²) in [6.07, 6.45) is 1.32. The molecule has 2 amide bonds. The number of fused-ring (bicyclic) bond motifs is 3. The summed E-state index contributed by atoms with van der Waals surface area (Å²) < 4.78 is 6.09. The molecule has 5 aliphatic rings. The fraction of sp³-hybridized carbons (Fsp3) is 0.545. The van der Waals surface area contributed by atoms with E-state index in [9.17, 15) is 19.8 Å². The number of nitrogens with one attached hydrogen (secondary N) is 3. The van der Waals surface area contributed by atoms with E-state index in [4.69, 9.17) is 9.57 Å². The molecule has 8 rings (SSSR count). The molecule has 0 radical (unpaired) electrons. The van der Waals surface area contributed by atoms with Crippen molar-refractivity contribution in [3.63, 3.8) is 0 Å². The van der Waals surface area contributed by atoms with E-state index < -0.39 is 24.2 Å². The molecule has 2 heterocycles. The second-order valence-electron chi connectivity index (χ2n) is 17.1. The molecule has 0 aromatic heterocycles. The lowest BCUT2D eigenvalue weighted by Gasteiger charge is -2.62. The van der Waals surface area contributed by atoms with Crippen molar-refractivity contribution in [2.75, 3.05) is 51.1 Å². The number of carbonyl (C=O) groups is 2. The number of anilines is 2. The maximum atomic E-state index is 14.3. The van der Waals surface area contributed by atoms with Crippen LogP contribution in [0.2, 0.25) is 0 Å². The Balaban J connectivity index is 1.12. The van der Waals surface area contributed by atoms with Gasteiger partial charge in [0, 0.05) is 73.1 Å².